The molecular formula is C37H43ClF3K2N6O10+. The van der Waals surface area contributed by atoms with Gasteiger partial charge in [0.2, 0.25) is 6.61 Å². The van der Waals surface area contributed by atoms with Gasteiger partial charge in [0.15, 0.2) is 11.2 Å². The number of nitrogen functional groups attached to an aromatic ring is 1. The van der Waals surface area contributed by atoms with Crippen LogP contribution in [0, 0.1) is 60.5 Å². The van der Waals surface area contributed by atoms with Gasteiger partial charge in [-0.2, -0.15) is 4.74 Å². The van der Waals surface area contributed by atoms with Crippen LogP contribution in [0.4, 0.5) is 41.6 Å². The second-order valence-electron chi connectivity index (χ2n) is 14.7. The molecule has 0 bridgehead atoms. The zero-order valence-corrected chi connectivity index (χ0v) is 39.7. The van der Waals surface area contributed by atoms with Crippen LogP contribution in [0.25, 0.3) is 0 Å². The van der Waals surface area contributed by atoms with Crippen molar-refractivity contribution in [2.45, 2.75) is 19.3 Å². The molecule has 310 valence electrons. The summed E-state index contributed by atoms with van der Waals surface area (Å²) in [6, 6.07) is 11.8. The van der Waals surface area contributed by atoms with Gasteiger partial charge in [-0.1, -0.05) is 11.6 Å². The van der Waals surface area contributed by atoms with Gasteiger partial charge in [0.05, 0.1) is 64.8 Å². The molecule has 6 aliphatic rings. The summed E-state index contributed by atoms with van der Waals surface area (Å²) in [6.07, 6.45) is 3.35. The van der Waals surface area contributed by atoms with Crippen LogP contribution in [0.5, 0.6) is 0 Å². The van der Waals surface area contributed by atoms with Gasteiger partial charge in [0, 0.05) is 74.3 Å². The minimum atomic E-state index is -0.777. The van der Waals surface area contributed by atoms with E-state index in [1.165, 1.54) is 31.2 Å². The van der Waals surface area contributed by atoms with Crippen LogP contribution in [0.3, 0.4) is 0 Å². The number of carbonyl (C=O) groups is 1. The van der Waals surface area contributed by atoms with Crippen LogP contribution in [-0.4, -0.2) is 88.6 Å². The Kier molecular flexibility index (Phi) is 20.8. The fourth-order valence-electron chi connectivity index (χ4n) is 7.08. The number of ether oxygens (including phenoxy) is 3. The Balaban J connectivity index is 0.000000272. The van der Waals surface area contributed by atoms with E-state index in [9.17, 15) is 33.4 Å². The van der Waals surface area contributed by atoms with Gasteiger partial charge in [0.25, 0.3) is 17.8 Å². The number of anilines is 3. The third-order valence-corrected chi connectivity index (χ3v) is 10.7. The number of hydrogen-bond acceptors (Lipinski definition) is 14. The van der Waals surface area contributed by atoms with Gasteiger partial charge in [-0.05, 0) is 43.2 Å². The van der Waals surface area contributed by atoms with Crippen molar-refractivity contribution < 1.29 is 156 Å². The maximum absolute atomic E-state index is 13.9. The van der Waals surface area contributed by atoms with Crippen molar-refractivity contribution in [2.75, 3.05) is 87.8 Å². The average Bonchev–Trinajstić information content (AvgIpc) is 3.93. The third-order valence-electron chi connectivity index (χ3n) is 10.4. The molecule has 6 aliphatic heterocycles. The molecule has 3 aromatic carbocycles. The molecule has 22 heteroatoms. The van der Waals surface area contributed by atoms with Crippen LogP contribution >= 0.6 is 11.6 Å². The average molecular weight is 902 g/mol. The van der Waals surface area contributed by atoms with Crippen molar-refractivity contribution in [1.29, 1.82) is 0 Å². The second-order valence-corrected chi connectivity index (χ2v) is 15.1. The summed E-state index contributed by atoms with van der Waals surface area (Å²) < 4.78 is 55.5. The molecule has 3 aromatic rings. The summed E-state index contributed by atoms with van der Waals surface area (Å²) in [7, 11) is 0. The minimum Gasteiger partial charge on any atom is -1.00 e. The number of nitro groups is 2. The fourth-order valence-corrected chi connectivity index (χ4v) is 7.20. The van der Waals surface area contributed by atoms with E-state index >= 15 is 0 Å². The van der Waals surface area contributed by atoms with Crippen molar-refractivity contribution in [3.63, 3.8) is 0 Å². The molecule has 59 heavy (non-hydrogen) atoms. The van der Waals surface area contributed by atoms with Gasteiger partial charge in [-0.25, -0.2) is 13.2 Å². The molecule has 3 spiro atoms. The maximum Gasteiger partial charge on any atom is 1.00 e. The fraction of sp³-hybridized carbons (Fsp3) is 0.459. The number of halogens is 4. The number of nitrogens with zero attached hydrogens (tertiary/aromatic N) is 4. The molecule has 0 radical (unpaired) electrons. The quantitative estimate of drug-likeness (QED) is 0.0581. The summed E-state index contributed by atoms with van der Waals surface area (Å²) in [5, 5.41) is 32.2. The van der Waals surface area contributed by atoms with E-state index in [0.29, 0.717) is 22.5 Å². The molecule has 9 rings (SSSR count). The van der Waals surface area contributed by atoms with E-state index in [2.05, 4.69) is 15.1 Å². The first kappa shape index (κ1) is 51.7. The van der Waals surface area contributed by atoms with E-state index in [1.54, 1.807) is 12.1 Å². The van der Waals surface area contributed by atoms with Crippen molar-refractivity contribution in [3.05, 3.63) is 104 Å². The standard InChI is InChI=1S/C12H13FN2O3.C12H15FN2O.C6H3ClFNO2.C6H10NO.CH2O3.2K.H/c13-10-5-9(15(16)17)1-2-11(10)14-4-3-12(6-14)7-18-8-12;13-10-5-9(14)1-2-11(10)15-4-3-12(6-15)7-16-8-12;7-5-2-1-4(9(10)11)3-6(5)8;1-2-7-3-6(1)4-8-5-6;2-1-4-3;;;/h1-2,5H,3-4,6-8H2;1-2,5H,3-4,6-8,14H2;1-3H;4,7H,1-3,5H2;1,3H;;;/q;;;+1;;2*+1;-1/p-1. The molecule has 6 fully saturated rings. The maximum atomic E-state index is 13.9. The summed E-state index contributed by atoms with van der Waals surface area (Å²) in [5.74, 6) is -1.53. The zero-order valence-electron chi connectivity index (χ0n) is 33.7. The van der Waals surface area contributed by atoms with E-state index < -0.39 is 21.5 Å². The van der Waals surface area contributed by atoms with Crippen LogP contribution < -0.4 is 129 Å². The van der Waals surface area contributed by atoms with Gasteiger partial charge >= 0.3 is 103 Å². The largest absolute Gasteiger partial charge is 1.00 e. The summed E-state index contributed by atoms with van der Waals surface area (Å²) in [5.41, 5.74) is 7.53. The molecule has 3 N–H and O–H groups in total. The Morgan fingerprint density at radius 1 is 0.814 bits per heavy atom. The number of nitro benzene ring substituents is 2. The van der Waals surface area contributed by atoms with Crippen LogP contribution in [0.15, 0.2) is 54.6 Å². The summed E-state index contributed by atoms with van der Waals surface area (Å²) in [6.45, 7) is 11.5. The Bertz CT molecular complexity index is 1900. The van der Waals surface area contributed by atoms with Gasteiger partial charge in [-0.15, -0.1) is 0 Å². The first-order chi connectivity index (χ1) is 27.2. The molecule has 6 saturated heterocycles. The molecule has 0 aliphatic carbocycles. The molecule has 0 amide bonds. The van der Waals surface area contributed by atoms with Crippen LogP contribution in [0.1, 0.15) is 20.7 Å². The third kappa shape index (κ3) is 13.9. The zero-order chi connectivity index (χ0) is 41.2. The van der Waals surface area contributed by atoms with E-state index in [0.717, 1.165) is 103 Å². The molecule has 6 heterocycles. The molecule has 1 unspecified atom stereocenters. The second kappa shape index (κ2) is 23.7. The van der Waals surface area contributed by atoms with Gasteiger partial charge < -0.3 is 41.9 Å². The van der Waals surface area contributed by atoms with E-state index in [-0.39, 0.29) is 144 Å². The smallest absolute Gasteiger partial charge is 1.00 e. The number of nitrogens with one attached hydrogen (secondary N) is 1. The van der Waals surface area contributed by atoms with Crippen LogP contribution in [-0.2, 0) is 23.9 Å². The van der Waals surface area contributed by atoms with Gasteiger partial charge in [0.1, 0.15) is 18.2 Å². The SMILES string of the molecule is Nc1ccc(N2CCC3(COC3)C2)c(F)c1.O=CO[O-].O=[N+]([O-])c1ccc(Cl)c(F)c1.O=[N+]([O-])c1ccc(N2CCC3(COC3)C2)c(F)c1.[CH+]1OCC12CCNC2.[H-].[K+].[K+]. The first-order valence-corrected chi connectivity index (χ1v) is 18.2. The number of carbonyl (C=O) groups excluding carboxylic acids is 1. The summed E-state index contributed by atoms with van der Waals surface area (Å²) >= 11 is 5.29. The van der Waals surface area contributed by atoms with Crippen molar-refractivity contribution in [3.8, 4) is 0 Å². The van der Waals surface area contributed by atoms with Crippen molar-refractivity contribution in [1.82, 2.24) is 5.32 Å². The molecular weight excluding hydrogens is 859 g/mol. The molecule has 1 atom stereocenters. The monoisotopic (exact) mass is 901 g/mol. The Hall–Kier alpha value is -1.65. The predicted molar refractivity (Wildman–Crippen MR) is 201 cm³/mol. The number of rotatable bonds is 5. The first-order valence-electron chi connectivity index (χ1n) is 17.9. The van der Waals surface area contributed by atoms with Crippen molar-refractivity contribution >= 4 is 46.5 Å². The molecule has 0 aromatic heterocycles. The normalized spacial score (nSPS) is 20.6. The van der Waals surface area contributed by atoms with Crippen molar-refractivity contribution in [2.24, 2.45) is 16.2 Å². The number of nitrogens with two attached hydrogens (primary N) is 1. The number of non-ortho nitro benzene ring substituents is 2. The topological polar surface area (TPSA) is 208 Å². The number of benzene rings is 3. The van der Waals surface area contributed by atoms with E-state index in [4.69, 9.17) is 41.6 Å². The molecule has 0 saturated carbocycles. The minimum absolute atomic E-state index is 0. The summed E-state index contributed by atoms with van der Waals surface area (Å²) in [4.78, 5) is 34.6. The Morgan fingerprint density at radius 3 is 1.61 bits per heavy atom. The Morgan fingerprint density at radius 2 is 1.29 bits per heavy atom. The predicted octanol–water partition coefficient (Wildman–Crippen LogP) is -1.30. The van der Waals surface area contributed by atoms with E-state index in [1.807, 2.05) is 11.5 Å². The molecule has 16 nitrogen and oxygen atoms in total. The number of hydrogen-bond donors (Lipinski definition) is 2. The van der Waals surface area contributed by atoms with Gasteiger partial charge in [-0.3, -0.25) is 25.0 Å². The Labute approximate surface area is 430 Å². The van der Waals surface area contributed by atoms with Crippen LogP contribution in [0.2, 0.25) is 5.02 Å².